The van der Waals surface area contributed by atoms with Gasteiger partial charge < -0.3 is 5.32 Å². The Kier molecular flexibility index (Phi) is 6.17. The normalized spacial score (nSPS) is 13.4. The van der Waals surface area contributed by atoms with Crippen molar-refractivity contribution in [3.8, 4) is 0 Å². The molecule has 0 aliphatic heterocycles. The van der Waals surface area contributed by atoms with Crippen LogP contribution in [0, 0.1) is 10.1 Å². The third-order valence-corrected chi connectivity index (χ3v) is 5.28. The van der Waals surface area contributed by atoms with Gasteiger partial charge in [-0.25, -0.2) is 8.42 Å². The van der Waals surface area contributed by atoms with Crippen molar-refractivity contribution < 1.29 is 18.1 Å². The minimum absolute atomic E-state index is 0.0571. The molecule has 2 atom stereocenters. The topological polar surface area (TPSA) is 110 Å². The maximum Gasteiger partial charge on any atom is 0.271 e. The summed E-state index contributed by atoms with van der Waals surface area (Å²) in [7, 11) is -3.86. The van der Waals surface area contributed by atoms with Crippen LogP contribution in [-0.2, 0) is 14.8 Å². The summed E-state index contributed by atoms with van der Waals surface area (Å²) in [5.74, 6) is -0.511. The summed E-state index contributed by atoms with van der Waals surface area (Å²) in [6.45, 7) is 3.23. The first-order valence-electron chi connectivity index (χ1n) is 8.20. The second-order valence-electron chi connectivity index (χ2n) is 6.15. The van der Waals surface area contributed by atoms with Crippen LogP contribution in [0.15, 0.2) is 54.6 Å². The Balaban J connectivity index is 2.30. The third-order valence-electron chi connectivity index (χ3n) is 4.04. The molecule has 0 spiro atoms. The molecule has 0 heterocycles. The number of nitrogens with zero attached hydrogens (tertiary/aromatic N) is 2. The third kappa shape index (κ3) is 5.04. The molecular weight excluding hydrogens is 370 g/mol. The number of amides is 1. The van der Waals surface area contributed by atoms with Crippen LogP contribution in [0.3, 0.4) is 0 Å². The van der Waals surface area contributed by atoms with Gasteiger partial charge in [-0.2, -0.15) is 0 Å². The van der Waals surface area contributed by atoms with E-state index in [2.05, 4.69) is 5.32 Å². The van der Waals surface area contributed by atoms with E-state index in [1.165, 1.54) is 25.1 Å². The van der Waals surface area contributed by atoms with Gasteiger partial charge in [-0.05, 0) is 25.5 Å². The van der Waals surface area contributed by atoms with Gasteiger partial charge in [0.2, 0.25) is 15.9 Å². The summed E-state index contributed by atoms with van der Waals surface area (Å²) < 4.78 is 25.5. The van der Waals surface area contributed by atoms with Crippen molar-refractivity contribution in [3.63, 3.8) is 0 Å². The highest BCUT2D eigenvalue weighted by Gasteiger charge is 2.30. The predicted octanol–water partition coefficient (Wildman–Crippen LogP) is 2.63. The van der Waals surface area contributed by atoms with Crippen LogP contribution in [0.1, 0.15) is 25.5 Å². The van der Waals surface area contributed by atoms with Crippen LogP contribution >= 0.6 is 0 Å². The first-order valence-corrected chi connectivity index (χ1v) is 10.0. The largest absolute Gasteiger partial charge is 0.348 e. The minimum Gasteiger partial charge on any atom is -0.348 e. The zero-order valence-electron chi connectivity index (χ0n) is 15.2. The predicted molar refractivity (Wildman–Crippen MR) is 103 cm³/mol. The van der Waals surface area contributed by atoms with E-state index in [0.717, 1.165) is 22.2 Å². The highest BCUT2D eigenvalue weighted by molar-refractivity contribution is 7.92. The average molecular weight is 391 g/mol. The smallest absolute Gasteiger partial charge is 0.271 e. The van der Waals surface area contributed by atoms with Gasteiger partial charge in [-0.15, -0.1) is 0 Å². The molecule has 8 nitrogen and oxygen atoms in total. The van der Waals surface area contributed by atoms with Gasteiger partial charge in [-0.3, -0.25) is 19.2 Å². The Labute approximate surface area is 158 Å². The fourth-order valence-electron chi connectivity index (χ4n) is 2.71. The summed E-state index contributed by atoms with van der Waals surface area (Å²) in [5.41, 5.74) is 0.674. The van der Waals surface area contributed by atoms with Crippen LogP contribution in [-0.4, -0.2) is 31.5 Å². The molecule has 0 aromatic heterocycles. The van der Waals surface area contributed by atoms with E-state index in [9.17, 15) is 23.3 Å². The fourth-order valence-corrected chi connectivity index (χ4v) is 3.88. The lowest BCUT2D eigenvalue weighted by Crippen LogP contribution is -2.48. The van der Waals surface area contributed by atoms with Gasteiger partial charge in [0.1, 0.15) is 6.04 Å². The van der Waals surface area contributed by atoms with Crippen LogP contribution in [0.5, 0.6) is 0 Å². The van der Waals surface area contributed by atoms with Gasteiger partial charge in [0.05, 0.1) is 22.9 Å². The van der Waals surface area contributed by atoms with E-state index in [1.54, 1.807) is 6.92 Å². The van der Waals surface area contributed by atoms with Crippen molar-refractivity contribution in [1.29, 1.82) is 0 Å². The van der Waals surface area contributed by atoms with Gasteiger partial charge in [-0.1, -0.05) is 36.4 Å². The van der Waals surface area contributed by atoms with E-state index in [1.807, 2.05) is 30.3 Å². The summed E-state index contributed by atoms with van der Waals surface area (Å²) in [5, 5.41) is 13.8. The molecule has 2 aromatic carbocycles. The number of sulfonamides is 1. The molecule has 144 valence electrons. The number of carbonyl (C=O) groups excluding carboxylic acids is 1. The molecule has 1 amide bonds. The van der Waals surface area contributed by atoms with Gasteiger partial charge >= 0.3 is 0 Å². The molecular formula is C18H21N3O5S. The second-order valence-corrected chi connectivity index (χ2v) is 8.01. The van der Waals surface area contributed by atoms with E-state index < -0.39 is 26.9 Å². The number of hydrogen-bond donors (Lipinski definition) is 1. The standard InChI is InChI=1S/C18H21N3O5S/c1-13(15-8-5-4-6-9-15)19-18(22)14(2)20(27(3,25)26)16-10-7-11-17(12-16)21(23)24/h4-14H,1-3H3,(H,19,22). The molecule has 2 rings (SSSR count). The fraction of sp³-hybridized carbons (Fsp3) is 0.278. The summed E-state index contributed by atoms with van der Waals surface area (Å²) in [6, 6.07) is 13.0. The molecule has 0 fully saturated rings. The van der Waals surface area contributed by atoms with Crippen LogP contribution in [0.2, 0.25) is 0 Å². The molecule has 0 bridgehead atoms. The summed E-state index contributed by atoms with van der Waals surface area (Å²) in [6.07, 6.45) is 0.955. The van der Waals surface area contributed by atoms with Crippen molar-refractivity contribution in [2.45, 2.75) is 25.9 Å². The van der Waals surface area contributed by atoms with Crippen molar-refractivity contribution >= 4 is 27.3 Å². The molecule has 0 saturated heterocycles. The van der Waals surface area contributed by atoms with E-state index >= 15 is 0 Å². The number of rotatable bonds is 7. The zero-order chi connectivity index (χ0) is 20.2. The number of non-ortho nitro benzene ring substituents is 1. The molecule has 27 heavy (non-hydrogen) atoms. The number of benzene rings is 2. The number of anilines is 1. The number of nitrogens with one attached hydrogen (secondary N) is 1. The van der Waals surface area contributed by atoms with Crippen LogP contribution in [0.25, 0.3) is 0 Å². The monoisotopic (exact) mass is 391 g/mol. The van der Waals surface area contributed by atoms with Gasteiger partial charge in [0.15, 0.2) is 0 Å². The lowest BCUT2D eigenvalue weighted by molar-refractivity contribution is -0.384. The summed E-state index contributed by atoms with van der Waals surface area (Å²) >= 11 is 0. The Hall–Kier alpha value is -2.94. The highest BCUT2D eigenvalue weighted by atomic mass is 32.2. The van der Waals surface area contributed by atoms with Crippen LogP contribution < -0.4 is 9.62 Å². The number of nitro benzene ring substituents is 1. The van der Waals surface area contributed by atoms with Crippen molar-refractivity contribution in [2.24, 2.45) is 0 Å². The lowest BCUT2D eigenvalue weighted by Gasteiger charge is -2.29. The number of carbonyl (C=O) groups is 1. The Morgan fingerprint density at radius 3 is 2.30 bits per heavy atom. The molecule has 1 N–H and O–H groups in total. The molecule has 2 aromatic rings. The molecule has 0 aliphatic rings. The Morgan fingerprint density at radius 2 is 1.74 bits per heavy atom. The van der Waals surface area contributed by atoms with Gasteiger partial charge in [0.25, 0.3) is 5.69 Å². The Morgan fingerprint density at radius 1 is 1.11 bits per heavy atom. The SMILES string of the molecule is CC(NC(=O)C(C)N(c1cccc([N+](=O)[O-])c1)S(C)(=O)=O)c1ccccc1. The van der Waals surface area contributed by atoms with E-state index in [-0.39, 0.29) is 17.4 Å². The molecule has 9 heteroatoms. The number of nitro groups is 1. The van der Waals surface area contributed by atoms with Crippen LogP contribution in [0.4, 0.5) is 11.4 Å². The van der Waals surface area contributed by atoms with E-state index in [4.69, 9.17) is 0 Å². The molecule has 0 radical (unpaired) electrons. The average Bonchev–Trinajstić information content (AvgIpc) is 2.61. The lowest BCUT2D eigenvalue weighted by atomic mass is 10.1. The quantitative estimate of drug-likeness (QED) is 0.576. The van der Waals surface area contributed by atoms with Gasteiger partial charge in [0, 0.05) is 12.1 Å². The zero-order valence-corrected chi connectivity index (χ0v) is 16.0. The van der Waals surface area contributed by atoms with Crippen molar-refractivity contribution in [3.05, 3.63) is 70.3 Å². The Bertz CT molecular complexity index is 931. The summed E-state index contributed by atoms with van der Waals surface area (Å²) in [4.78, 5) is 23.0. The van der Waals surface area contributed by atoms with E-state index in [0.29, 0.717) is 0 Å². The first kappa shape index (κ1) is 20.4. The van der Waals surface area contributed by atoms with Crippen molar-refractivity contribution in [1.82, 2.24) is 5.32 Å². The minimum atomic E-state index is -3.86. The molecule has 2 unspecified atom stereocenters. The van der Waals surface area contributed by atoms with Crippen molar-refractivity contribution in [2.75, 3.05) is 10.6 Å². The maximum atomic E-state index is 12.7. The maximum absolute atomic E-state index is 12.7. The molecule has 0 saturated carbocycles. The number of hydrogen-bond acceptors (Lipinski definition) is 5. The molecule has 0 aliphatic carbocycles. The highest BCUT2D eigenvalue weighted by Crippen LogP contribution is 2.25. The first-order chi connectivity index (χ1) is 12.6. The second kappa shape index (κ2) is 8.17.